The van der Waals surface area contributed by atoms with E-state index < -0.39 is 41.6 Å². The van der Waals surface area contributed by atoms with Crippen molar-refractivity contribution >= 4 is 17.5 Å². The Morgan fingerprint density at radius 2 is 1.47 bits per heavy atom. The van der Waals surface area contributed by atoms with Crippen molar-refractivity contribution in [3.05, 3.63) is 0 Å². The van der Waals surface area contributed by atoms with Crippen molar-refractivity contribution in [3.63, 3.8) is 0 Å². The van der Waals surface area contributed by atoms with Crippen molar-refractivity contribution < 1.29 is 24.2 Å². The molecule has 0 spiro atoms. The van der Waals surface area contributed by atoms with E-state index in [1.807, 2.05) is 0 Å². The number of esters is 1. The molecule has 0 radical (unpaired) electrons. The number of carbonyl (C=O) groups is 3. The fourth-order valence-electron chi connectivity index (χ4n) is 1.12. The molecule has 0 aliphatic carbocycles. The summed E-state index contributed by atoms with van der Waals surface area (Å²) in [6.07, 6.45) is 0. The van der Waals surface area contributed by atoms with Gasteiger partial charge in [-0.15, -0.1) is 0 Å². The topological polar surface area (TPSA) is 80.7 Å². The van der Waals surface area contributed by atoms with Crippen molar-refractivity contribution in [3.8, 4) is 0 Å². The molecule has 0 unspecified atom stereocenters. The largest absolute Gasteiger partial charge is 0.464 e. The van der Waals surface area contributed by atoms with Crippen LogP contribution in [0.5, 0.6) is 0 Å². The highest BCUT2D eigenvalue weighted by atomic mass is 16.5. The minimum Gasteiger partial charge on any atom is -0.464 e. The summed E-state index contributed by atoms with van der Waals surface area (Å²) in [5.41, 5.74) is -2.34. The number of aliphatic hydroxyl groups is 1. The molecular weight excluding hydrogens is 224 g/mol. The summed E-state index contributed by atoms with van der Waals surface area (Å²) in [5.74, 6) is -1.53. The Morgan fingerprint density at radius 1 is 1.06 bits per heavy atom. The summed E-state index contributed by atoms with van der Waals surface area (Å²) >= 11 is 0. The Labute approximate surface area is 101 Å². The zero-order chi connectivity index (χ0) is 13.9. The van der Waals surface area contributed by atoms with Gasteiger partial charge in [0.1, 0.15) is 23.6 Å². The second-order valence-corrected chi connectivity index (χ2v) is 5.18. The first-order chi connectivity index (χ1) is 7.58. The minimum atomic E-state index is -1.62. The molecule has 0 rings (SSSR count). The standard InChI is InChI=1S/C12H20O5/c1-8(14)12(6-13,9(2)15)7-17-10(16)11(3,4)5/h13H,6-7H2,1-5H3. The van der Waals surface area contributed by atoms with Crippen LogP contribution in [0, 0.1) is 10.8 Å². The minimum absolute atomic E-state index is 0.412. The van der Waals surface area contributed by atoms with E-state index in [1.54, 1.807) is 20.8 Å². The van der Waals surface area contributed by atoms with E-state index in [0.717, 1.165) is 0 Å². The number of ketones is 2. The van der Waals surface area contributed by atoms with E-state index in [2.05, 4.69) is 0 Å². The number of ether oxygens (including phenoxy) is 1. The molecule has 0 aromatic carbocycles. The molecule has 5 heteroatoms. The fourth-order valence-corrected chi connectivity index (χ4v) is 1.12. The van der Waals surface area contributed by atoms with Crippen molar-refractivity contribution in [1.29, 1.82) is 0 Å². The van der Waals surface area contributed by atoms with Gasteiger partial charge in [-0.3, -0.25) is 14.4 Å². The van der Waals surface area contributed by atoms with Crippen molar-refractivity contribution in [1.82, 2.24) is 0 Å². The number of aliphatic hydroxyl groups excluding tert-OH is 1. The van der Waals surface area contributed by atoms with Crippen LogP contribution in [0.4, 0.5) is 0 Å². The van der Waals surface area contributed by atoms with Gasteiger partial charge in [0.25, 0.3) is 0 Å². The molecule has 0 saturated carbocycles. The second kappa shape index (κ2) is 5.40. The lowest BCUT2D eigenvalue weighted by Gasteiger charge is -2.27. The molecule has 0 amide bonds. The van der Waals surface area contributed by atoms with Gasteiger partial charge in [-0.05, 0) is 34.6 Å². The monoisotopic (exact) mass is 244 g/mol. The third-order valence-corrected chi connectivity index (χ3v) is 2.68. The van der Waals surface area contributed by atoms with Gasteiger partial charge in [-0.2, -0.15) is 0 Å². The molecule has 0 bridgehead atoms. The number of hydrogen-bond acceptors (Lipinski definition) is 5. The zero-order valence-electron chi connectivity index (χ0n) is 11.0. The fraction of sp³-hybridized carbons (Fsp3) is 0.750. The zero-order valence-corrected chi connectivity index (χ0v) is 11.0. The van der Waals surface area contributed by atoms with E-state index in [1.165, 1.54) is 13.8 Å². The number of Topliss-reactive ketones (excluding diaryl/α,β-unsaturated/α-hetero) is 2. The molecule has 0 aromatic rings. The predicted molar refractivity (Wildman–Crippen MR) is 61.3 cm³/mol. The van der Waals surface area contributed by atoms with Crippen LogP contribution in [0.25, 0.3) is 0 Å². The van der Waals surface area contributed by atoms with E-state index >= 15 is 0 Å². The average Bonchev–Trinajstić information content (AvgIpc) is 2.16. The highest BCUT2D eigenvalue weighted by Crippen LogP contribution is 2.23. The maximum Gasteiger partial charge on any atom is 0.311 e. The number of rotatable bonds is 5. The molecule has 17 heavy (non-hydrogen) atoms. The molecule has 98 valence electrons. The Balaban J connectivity index is 4.87. The lowest BCUT2D eigenvalue weighted by Crippen LogP contribution is -2.45. The second-order valence-electron chi connectivity index (χ2n) is 5.18. The maximum atomic E-state index is 11.5. The molecular formula is C12H20O5. The Bertz CT molecular complexity index is 310. The maximum absolute atomic E-state index is 11.5. The number of carbonyl (C=O) groups excluding carboxylic acids is 3. The first-order valence-electron chi connectivity index (χ1n) is 5.38. The van der Waals surface area contributed by atoms with Crippen LogP contribution in [0.2, 0.25) is 0 Å². The van der Waals surface area contributed by atoms with Crippen molar-refractivity contribution in [2.45, 2.75) is 34.6 Å². The van der Waals surface area contributed by atoms with Gasteiger partial charge < -0.3 is 9.84 Å². The molecule has 0 saturated heterocycles. The van der Waals surface area contributed by atoms with Gasteiger partial charge in [0.05, 0.1) is 12.0 Å². The van der Waals surface area contributed by atoms with Gasteiger partial charge in [-0.1, -0.05) is 0 Å². The van der Waals surface area contributed by atoms with Crippen molar-refractivity contribution in [2.75, 3.05) is 13.2 Å². The molecule has 1 N–H and O–H groups in total. The molecule has 0 fully saturated rings. The third kappa shape index (κ3) is 3.63. The van der Waals surface area contributed by atoms with Crippen LogP contribution >= 0.6 is 0 Å². The highest BCUT2D eigenvalue weighted by Gasteiger charge is 2.42. The van der Waals surface area contributed by atoms with Gasteiger partial charge in [0.15, 0.2) is 0 Å². The summed E-state index contributed by atoms with van der Waals surface area (Å²) in [6, 6.07) is 0. The summed E-state index contributed by atoms with van der Waals surface area (Å²) < 4.78 is 4.94. The first kappa shape index (κ1) is 15.8. The van der Waals surface area contributed by atoms with Crippen LogP contribution < -0.4 is 0 Å². The van der Waals surface area contributed by atoms with Crippen LogP contribution in [0.15, 0.2) is 0 Å². The Kier molecular flexibility index (Phi) is 5.01. The molecule has 5 nitrogen and oxygen atoms in total. The normalized spacial score (nSPS) is 12.1. The first-order valence-corrected chi connectivity index (χ1v) is 5.38. The van der Waals surface area contributed by atoms with Gasteiger partial charge in [0, 0.05) is 0 Å². The smallest absolute Gasteiger partial charge is 0.311 e. The summed E-state index contributed by atoms with van der Waals surface area (Å²) in [7, 11) is 0. The lowest BCUT2D eigenvalue weighted by molar-refractivity contribution is -0.161. The molecule has 0 aliphatic heterocycles. The van der Waals surface area contributed by atoms with Crippen LogP contribution in [-0.4, -0.2) is 35.9 Å². The molecule has 0 aliphatic rings. The molecule has 0 heterocycles. The third-order valence-electron chi connectivity index (χ3n) is 2.68. The molecule has 0 aromatic heterocycles. The Morgan fingerprint density at radius 3 is 1.71 bits per heavy atom. The summed E-state index contributed by atoms with van der Waals surface area (Å²) in [6.45, 7) is 6.32. The van der Waals surface area contributed by atoms with E-state index in [0.29, 0.717) is 0 Å². The van der Waals surface area contributed by atoms with Gasteiger partial charge >= 0.3 is 5.97 Å². The lowest BCUT2D eigenvalue weighted by atomic mass is 9.82. The summed E-state index contributed by atoms with van der Waals surface area (Å²) in [5, 5.41) is 9.20. The molecule has 0 atom stereocenters. The van der Waals surface area contributed by atoms with Crippen LogP contribution in [-0.2, 0) is 19.1 Å². The summed E-state index contributed by atoms with van der Waals surface area (Å²) in [4.78, 5) is 34.4. The van der Waals surface area contributed by atoms with Crippen LogP contribution in [0.3, 0.4) is 0 Å². The van der Waals surface area contributed by atoms with Gasteiger partial charge in [-0.25, -0.2) is 0 Å². The van der Waals surface area contributed by atoms with E-state index in [-0.39, 0.29) is 0 Å². The van der Waals surface area contributed by atoms with E-state index in [4.69, 9.17) is 4.74 Å². The van der Waals surface area contributed by atoms with Crippen LogP contribution in [0.1, 0.15) is 34.6 Å². The average molecular weight is 244 g/mol. The highest BCUT2D eigenvalue weighted by molar-refractivity contribution is 6.05. The van der Waals surface area contributed by atoms with E-state index in [9.17, 15) is 19.5 Å². The van der Waals surface area contributed by atoms with Crippen molar-refractivity contribution in [2.24, 2.45) is 10.8 Å². The SMILES string of the molecule is CC(=O)C(CO)(COC(=O)C(C)(C)C)C(C)=O. The number of hydrogen-bond donors (Lipinski definition) is 1. The van der Waals surface area contributed by atoms with Gasteiger partial charge in [0.2, 0.25) is 0 Å². The Hall–Kier alpha value is -1.23. The predicted octanol–water partition coefficient (Wildman–Crippen LogP) is 0.732. The quantitative estimate of drug-likeness (QED) is 0.569.